The van der Waals surface area contributed by atoms with Crippen molar-refractivity contribution in [1.29, 1.82) is 0 Å². The van der Waals surface area contributed by atoms with Gasteiger partial charge in [-0.1, -0.05) is 6.08 Å². The van der Waals surface area contributed by atoms with Crippen LogP contribution in [0.15, 0.2) is 34.6 Å². The zero-order valence-electron chi connectivity index (χ0n) is 8.56. The summed E-state index contributed by atoms with van der Waals surface area (Å²) in [6.07, 6.45) is 7.27. The predicted octanol–water partition coefficient (Wildman–Crippen LogP) is 0.606. The Bertz CT molecular complexity index is 480. The molecule has 4 heteroatoms. The maximum absolute atomic E-state index is 11.6. The first-order valence-electron chi connectivity index (χ1n) is 5.13. The summed E-state index contributed by atoms with van der Waals surface area (Å²) in [5.41, 5.74) is -0.885. The van der Waals surface area contributed by atoms with Gasteiger partial charge in [0.2, 0.25) is 0 Å². The van der Waals surface area contributed by atoms with Gasteiger partial charge in [-0.2, -0.15) is 0 Å². The Morgan fingerprint density at radius 2 is 1.87 bits per heavy atom. The third kappa shape index (κ3) is 2.09. The van der Waals surface area contributed by atoms with Gasteiger partial charge in [-0.25, -0.2) is 0 Å². The Morgan fingerprint density at radius 1 is 1.27 bits per heavy atom. The van der Waals surface area contributed by atoms with E-state index in [9.17, 15) is 9.59 Å². The Labute approximate surface area is 87.5 Å². The number of nitrogens with zero attached hydrogens (tertiary/aromatic N) is 2. The molecular formula is C11H14N2O2. The lowest BCUT2D eigenvalue weighted by atomic mass is 10.4. The first kappa shape index (κ1) is 9.96. The van der Waals surface area contributed by atoms with Crippen molar-refractivity contribution in [2.75, 3.05) is 0 Å². The third-order valence-electron chi connectivity index (χ3n) is 2.61. The molecule has 0 amide bonds. The van der Waals surface area contributed by atoms with Crippen molar-refractivity contribution < 1.29 is 0 Å². The van der Waals surface area contributed by atoms with Crippen LogP contribution in [0.3, 0.4) is 0 Å². The fourth-order valence-corrected chi connectivity index (χ4v) is 1.55. The van der Waals surface area contributed by atoms with Crippen LogP contribution < -0.4 is 11.1 Å². The standard InChI is InChI=1S/C11H14N2O2/c1-2-5-12-6-7-13(8-9-3-4-9)11(15)10(12)14/h2,6-7,9H,1,3-5,8H2. The first-order valence-corrected chi connectivity index (χ1v) is 5.13. The molecule has 1 heterocycles. The summed E-state index contributed by atoms with van der Waals surface area (Å²) in [4.78, 5) is 23.2. The molecule has 80 valence electrons. The predicted molar refractivity (Wildman–Crippen MR) is 57.9 cm³/mol. The second-order valence-electron chi connectivity index (χ2n) is 3.95. The number of hydrogen-bond acceptors (Lipinski definition) is 2. The van der Waals surface area contributed by atoms with Crippen molar-refractivity contribution in [2.24, 2.45) is 5.92 Å². The zero-order valence-corrected chi connectivity index (χ0v) is 8.56. The Hall–Kier alpha value is -1.58. The SMILES string of the molecule is C=CCn1ccn(CC2CC2)c(=O)c1=O. The van der Waals surface area contributed by atoms with Crippen molar-refractivity contribution in [3.8, 4) is 0 Å². The summed E-state index contributed by atoms with van der Waals surface area (Å²) in [7, 11) is 0. The van der Waals surface area contributed by atoms with E-state index in [0.717, 1.165) is 0 Å². The Morgan fingerprint density at radius 3 is 2.47 bits per heavy atom. The number of aromatic nitrogens is 2. The largest absolute Gasteiger partial charge is 0.316 e. The molecule has 1 aliphatic rings. The van der Waals surface area contributed by atoms with Gasteiger partial charge in [0.1, 0.15) is 0 Å². The van der Waals surface area contributed by atoms with Crippen molar-refractivity contribution in [3.05, 3.63) is 45.8 Å². The van der Waals surface area contributed by atoms with Crippen LogP contribution in [0.1, 0.15) is 12.8 Å². The minimum absolute atomic E-state index is 0.387. The molecule has 4 nitrogen and oxygen atoms in total. The van der Waals surface area contributed by atoms with Gasteiger partial charge in [0, 0.05) is 25.5 Å². The summed E-state index contributed by atoms with van der Waals surface area (Å²) in [5, 5.41) is 0. The third-order valence-corrected chi connectivity index (χ3v) is 2.61. The molecule has 1 aliphatic carbocycles. The van der Waals surface area contributed by atoms with E-state index in [1.807, 2.05) is 0 Å². The molecule has 2 rings (SSSR count). The topological polar surface area (TPSA) is 44.0 Å². The molecule has 0 bridgehead atoms. The van der Waals surface area contributed by atoms with Crippen LogP contribution in [0.2, 0.25) is 0 Å². The van der Waals surface area contributed by atoms with Crippen molar-refractivity contribution in [1.82, 2.24) is 9.13 Å². The van der Waals surface area contributed by atoms with Crippen LogP contribution in [-0.2, 0) is 13.1 Å². The normalized spacial score (nSPS) is 15.2. The lowest BCUT2D eigenvalue weighted by Crippen LogP contribution is -2.40. The van der Waals surface area contributed by atoms with Gasteiger partial charge in [0.25, 0.3) is 0 Å². The minimum Gasteiger partial charge on any atom is -0.309 e. The highest BCUT2D eigenvalue weighted by atomic mass is 16.2. The zero-order chi connectivity index (χ0) is 10.8. The van der Waals surface area contributed by atoms with E-state index < -0.39 is 11.1 Å². The highest BCUT2D eigenvalue weighted by Gasteiger charge is 2.22. The van der Waals surface area contributed by atoms with Gasteiger partial charge in [-0.3, -0.25) is 9.59 Å². The highest BCUT2D eigenvalue weighted by Crippen LogP contribution is 2.29. The molecule has 1 aromatic rings. The molecular weight excluding hydrogens is 192 g/mol. The van der Waals surface area contributed by atoms with Crippen LogP contribution in [0.4, 0.5) is 0 Å². The van der Waals surface area contributed by atoms with E-state index in [0.29, 0.717) is 19.0 Å². The molecule has 0 N–H and O–H groups in total. The Balaban J connectivity index is 2.34. The number of allylic oxidation sites excluding steroid dienone is 1. The van der Waals surface area contributed by atoms with Gasteiger partial charge < -0.3 is 9.13 Å². The van der Waals surface area contributed by atoms with Gasteiger partial charge >= 0.3 is 11.1 Å². The molecule has 1 aromatic heterocycles. The second kappa shape index (κ2) is 3.88. The Kier molecular flexibility index (Phi) is 2.58. The van der Waals surface area contributed by atoms with Crippen LogP contribution in [0, 0.1) is 5.92 Å². The van der Waals surface area contributed by atoms with Crippen molar-refractivity contribution in [3.63, 3.8) is 0 Å². The average Bonchev–Trinajstić information content (AvgIpc) is 3.02. The quantitative estimate of drug-likeness (QED) is 0.535. The second-order valence-corrected chi connectivity index (χ2v) is 3.95. The summed E-state index contributed by atoms with van der Waals surface area (Å²) in [5.74, 6) is 0.595. The molecule has 0 unspecified atom stereocenters. The average molecular weight is 206 g/mol. The van der Waals surface area contributed by atoms with E-state index in [-0.39, 0.29) is 0 Å². The maximum Gasteiger partial charge on any atom is 0.316 e. The van der Waals surface area contributed by atoms with Crippen LogP contribution in [-0.4, -0.2) is 9.13 Å². The molecule has 15 heavy (non-hydrogen) atoms. The number of rotatable bonds is 4. The van der Waals surface area contributed by atoms with Crippen LogP contribution in [0.25, 0.3) is 0 Å². The molecule has 0 atom stereocenters. The molecule has 0 saturated heterocycles. The van der Waals surface area contributed by atoms with E-state index >= 15 is 0 Å². The summed E-state index contributed by atoms with van der Waals surface area (Å²) < 4.78 is 2.89. The highest BCUT2D eigenvalue weighted by molar-refractivity contribution is 4.89. The fraction of sp³-hybridized carbons (Fsp3) is 0.455. The smallest absolute Gasteiger partial charge is 0.309 e. The number of hydrogen-bond donors (Lipinski definition) is 0. The fourth-order valence-electron chi connectivity index (χ4n) is 1.55. The van der Waals surface area contributed by atoms with E-state index in [4.69, 9.17) is 0 Å². The van der Waals surface area contributed by atoms with Crippen LogP contribution in [0.5, 0.6) is 0 Å². The van der Waals surface area contributed by atoms with E-state index in [1.165, 1.54) is 22.0 Å². The van der Waals surface area contributed by atoms with E-state index in [2.05, 4.69) is 6.58 Å². The van der Waals surface area contributed by atoms with Gasteiger partial charge in [0.05, 0.1) is 0 Å². The first-order chi connectivity index (χ1) is 7.22. The summed E-state index contributed by atoms with van der Waals surface area (Å²) in [6.45, 7) is 4.61. The maximum atomic E-state index is 11.6. The molecule has 0 spiro atoms. The monoisotopic (exact) mass is 206 g/mol. The molecule has 0 aliphatic heterocycles. The van der Waals surface area contributed by atoms with Crippen LogP contribution >= 0.6 is 0 Å². The van der Waals surface area contributed by atoms with E-state index in [1.54, 1.807) is 18.5 Å². The molecule has 1 saturated carbocycles. The van der Waals surface area contributed by atoms with Gasteiger partial charge in [0.15, 0.2) is 0 Å². The minimum atomic E-state index is -0.460. The molecule has 0 radical (unpaired) electrons. The molecule has 1 fully saturated rings. The summed E-state index contributed by atoms with van der Waals surface area (Å²) in [6, 6.07) is 0. The van der Waals surface area contributed by atoms with Gasteiger partial charge in [-0.15, -0.1) is 6.58 Å². The summed E-state index contributed by atoms with van der Waals surface area (Å²) >= 11 is 0. The lowest BCUT2D eigenvalue weighted by Gasteiger charge is -2.06. The molecule has 0 aromatic carbocycles. The van der Waals surface area contributed by atoms with Crippen molar-refractivity contribution >= 4 is 0 Å². The van der Waals surface area contributed by atoms with Crippen molar-refractivity contribution in [2.45, 2.75) is 25.9 Å². The van der Waals surface area contributed by atoms with Gasteiger partial charge in [-0.05, 0) is 18.8 Å². The lowest BCUT2D eigenvalue weighted by molar-refractivity contribution is 0.580.